The Balaban J connectivity index is 1.97. The Bertz CT molecular complexity index is 462. The minimum Gasteiger partial charge on any atom is -0.479 e. The number of carbonyl (C=O) groups excluding carboxylic acids is 2. The first kappa shape index (κ1) is 17.1. The van der Waals surface area contributed by atoms with Crippen LogP contribution < -0.4 is 0 Å². The molecule has 2 amide bonds. The van der Waals surface area contributed by atoms with Gasteiger partial charge in [0.1, 0.15) is 6.04 Å². The molecule has 2 aliphatic heterocycles. The summed E-state index contributed by atoms with van der Waals surface area (Å²) in [4.78, 5) is 38.9. The second kappa shape index (κ2) is 6.87. The number of hydrogen-bond acceptors (Lipinski definition) is 5. The van der Waals surface area contributed by atoms with Crippen LogP contribution in [0.3, 0.4) is 0 Å². The number of amides is 2. The second-order valence-corrected chi connectivity index (χ2v) is 6.79. The lowest BCUT2D eigenvalue weighted by Gasteiger charge is -2.37. The summed E-state index contributed by atoms with van der Waals surface area (Å²) in [6.45, 7) is 2.34. The molecule has 2 fully saturated rings. The molecule has 2 aliphatic rings. The van der Waals surface area contributed by atoms with E-state index in [0.29, 0.717) is 18.1 Å². The molecule has 0 radical (unpaired) electrons. The molecule has 0 spiro atoms. The van der Waals surface area contributed by atoms with Crippen LogP contribution in [0.1, 0.15) is 32.6 Å². The Labute approximate surface area is 133 Å². The molecular formula is C14H22N2O5S. The molecule has 0 aromatic heterocycles. The van der Waals surface area contributed by atoms with Crippen molar-refractivity contribution in [2.75, 3.05) is 24.7 Å². The number of carbonyl (C=O) groups is 3. The average Bonchev–Trinajstić information content (AvgIpc) is 2.97. The van der Waals surface area contributed by atoms with E-state index in [2.05, 4.69) is 0 Å². The summed E-state index contributed by atoms with van der Waals surface area (Å²) in [5.74, 6) is -0.279. The van der Waals surface area contributed by atoms with Crippen molar-refractivity contribution >= 4 is 29.5 Å². The van der Waals surface area contributed by atoms with Gasteiger partial charge in [-0.25, -0.2) is 4.79 Å². The first-order chi connectivity index (χ1) is 10.4. The van der Waals surface area contributed by atoms with Crippen molar-refractivity contribution < 1.29 is 24.6 Å². The van der Waals surface area contributed by atoms with Gasteiger partial charge in [0.25, 0.3) is 0 Å². The molecule has 2 rings (SSSR count). The van der Waals surface area contributed by atoms with Crippen LogP contribution in [0.25, 0.3) is 0 Å². The number of piperidine rings is 1. The molecule has 0 bridgehead atoms. The molecule has 8 heteroatoms. The number of hydrogen-bond donors (Lipinski definition) is 2. The van der Waals surface area contributed by atoms with Crippen molar-refractivity contribution in [3.8, 4) is 0 Å². The molecule has 0 saturated carbocycles. The van der Waals surface area contributed by atoms with Crippen LogP contribution in [0.2, 0.25) is 0 Å². The van der Waals surface area contributed by atoms with Gasteiger partial charge < -0.3 is 20.0 Å². The number of aliphatic carboxylic acids is 1. The fourth-order valence-electron chi connectivity index (χ4n) is 2.77. The van der Waals surface area contributed by atoms with Crippen molar-refractivity contribution in [3.63, 3.8) is 0 Å². The number of rotatable bonds is 4. The zero-order chi connectivity index (χ0) is 16.3. The summed E-state index contributed by atoms with van der Waals surface area (Å²) in [6.07, 6.45) is 1.23. The molecule has 7 nitrogen and oxygen atoms in total. The lowest BCUT2D eigenvalue weighted by Crippen LogP contribution is -2.55. The van der Waals surface area contributed by atoms with Gasteiger partial charge in [-0.3, -0.25) is 9.59 Å². The first-order valence-corrected chi connectivity index (χ1v) is 8.66. The van der Waals surface area contributed by atoms with Crippen molar-refractivity contribution in [2.45, 2.75) is 44.2 Å². The van der Waals surface area contributed by atoms with Crippen LogP contribution >= 0.6 is 11.8 Å². The highest BCUT2D eigenvalue weighted by molar-refractivity contribution is 7.99. The molecular weight excluding hydrogens is 308 g/mol. The van der Waals surface area contributed by atoms with E-state index in [9.17, 15) is 19.5 Å². The zero-order valence-corrected chi connectivity index (χ0v) is 13.5. The number of aliphatic hydroxyl groups is 1. The van der Waals surface area contributed by atoms with Crippen LogP contribution in [0.5, 0.6) is 0 Å². The highest BCUT2D eigenvalue weighted by Gasteiger charge is 2.43. The summed E-state index contributed by atoms with van der Waals surface area (Å²) >= 11 is 1.56. The van der Waals surface area contributed by atoms with Gasteiger partial charge in [0, 0.05) is 38.1 Å². The van der Waals surface area contributed by atoms with Crippen LogP contribution in [0, 0.1) is 0 Å². The van der Waals surface area contributed by atoms with Gasteiger partial charge >= 0.3 is 5.97 Å². The van der Waals surface area contributed by atoms with Gasteiger partial charge in [-0.05, 0) is 6.42 Å². The summed E-state index contributed by atoms with van der Waals surface area (Å²) in [5, 5.41) is 18.9. The quantitative estimate of drug-likeness (QED) is 0.760. The summed E-state index contributed by atoms with van der Waals surface area (Å²) in [7, 11) is 0. The van der Waals surface area contributed by atoms with E-state index in [-0.39, 0.29) is 37.7 Å². The van der Waals surface area contributed by atoms with Crippen LogP contribution in [-0.2, 0) is 14.4 Å². The summed E-state index contributed by atoms with van der Waals surface area (Å²) in [6, 6.07) is -0.458. The molecule has 1 atom stereocenters. The van der Waals surface area contributed by atoms with Gasteiger partial charge in [-0.2, -0.15) is 0 Å². The van der Waals surface area contributed by atoms with Crippen LogP contribution in [0.15, 0.2) is 0 Å². The smallest absolute Gasteiger partial charge is 0.335 e. The lowest BCUT2D eigenvalue weighted by atomic mass is 9.91. The molecule has 22 heavy (non-hydrogen) atoms. The van der Waals surface area contributed by atoms with Gasteiger partial charge in [0.05, 0.1) is 5.88 Å². The Kier molecular flexibility index (Phi) is 5.33. The fraction of sp³-hybridized carbons (Fsp3) is 0.786. The van der Waals surface area contributed by atoms with Crippen molar-refractivity contribution in [1.29, 1.82) is 0 Å². The molecule has 1 unspecified atom stereocenters. The SMILES string of the molecule is CCCC(=O)N1CSCC1C(=O)N1CCC(O)(C(=O)O)CC1. The molecule has 0 aromatic rings. The second-order valence-electron chi connectivity index (χ2n) is 5.79. The van der Waals surface area contributed by atoms with E-state index in [1.165, 1.54) is 0 Å². The molecule has 2 heterocycles. The maximum absolute atomic E-state index is 12.6. The molecule has 2 N–H and O–H groups in total. The zero-order valence-electron chi connectivity index (χ0n) is 12.7. The third-order valence-corrected chi connectivity index (χ3v) is 5.26. The molecule has 2 saturated heterocycles. The third kappa shape index (κ3) is 3.38. The number of nitrogens with zero attached hydrogens (tertiary/aromatic N) is 2. The largest absolute Gasteiger partial charge is 0.479 e. The van der Waals surface area contributed by atoms with Crippen molar-refractivity contribution in [2.24, 2.45) is 0 Å². The number of carboxylic acids is 1. The van der Waals surface area contributed by atoms with E-state index >= 15 is 0 Å². The molecule has 124 valence electrons. The predicted molar refractivity (Wildman–Crippen MR) is 81.3 cm³/mol. The minimum atomic E-state index is -1.74. The highest BCUT2D eigenvalue weighted by atomic mass is 32.2. The fourth-order valence-corrected chi connectivity index (χ4v) is 3.94. The van der Waals surface area contributed by atoms with E-state index in [1.54, 1.807) is 21.6 Å². The Morgan fingerprint density at radius 2 is 1.91 bits per heavy atom. The first-order valence-electron chi connectivity index (χ1n) is 7.51. The highest BCUT2D eigenvalue weighted by Crippen LogP contribution is 2.27. The maximum atomic E-state index is 12.6. The van der Waals surface area contributed by atoms with Crippen molar-refractivity contribution in [3.05, 3.63) is 0 Å². The monoisotopic (exact) mass is 330 g/mol. The van der Waals surface area contributed by atoms with Gasteiger partial charge in [-0.15, -0.1) is 11.8 Å². The minimum absolute atomic E-state index is 0.00935. The van der Waals surface area contributed by atoms with Gasteiger partial charge in [-0.1, -0.05) is 6.92 Å². The topological polar surface area (TPSA) is 98.2 Å². The Morgan fingerprint density at radius 1 is 1.27 bits per heavy atom. The molecule has 0 aromatic carbocycles. The number of carboxylic acid groups (broad SMARTS) is 1. The van der Waals surface area contributed by atoms with E-state index in [0.717, 1.165) is 6.42 Å². The standard InChI is InChI=1S/C14H22N2O5S/c1-2-3-11(17)16-9-22-8-10(16)12(18)15-6-4-14(21,5-7-15)13(19)20/h10,21H,2-9H2,1H3,(H,19,20). The lowest BCUT2D eigenvalue weighted by molar-refractivity contribution is -0.166. The number of likely N-dealkylation sites (tertiary alicyclic amines) is 1. The number of thioether (sulfide) groups is 1. The average molecular weight is 330 g/mol. The predicted octanol–water partition coefficient (Wildman–Crippen LogP) is 0.126. The molecule has 0 aliphatic carbocycles. The van der Waals surface area contributed by atoms with Gasteiger partial charge in [0.15, 0.2) is 5.60 Å². The van der Waals surface area contributed by atoms with Crippen molar-refractivity contribution in [1.82, 2.24) is 9.80 Å². The van der Waals surface area contributed by atoms with Crippen LogP contribution in [0.4, 0.5) is 0 Å². The van der Waals surface area contributed by atoms with Gasteiger partial charge in [0.2, 0.25) is 11.8 Å². The Hall–Kier alpha value is -1.28. The maximum Gasteiger partial charge on any atom is 0.335 e. The summed E-state index contributed by atoms with van der Waals surface area (Å²) < 4.78 is 0. The summed E-state index contributed by atoms with van der Waals surface area (Å²) in [5.41, 5.74) is -1.74. The Morgan fingerprint density at radius 3 is 2.45 bits per heavy atom. The van der Waals surface area contributed by atoms with E-state index in [4.69, 9.17) is 5.11 Å². The third-order valence-electron chi connectivity index (χ3n) is 4.25. The van der Waals surface area contributed by atoms with Crippen LogP contribution in [-0.4, -0.2) is 74.2 Å². The van der Waals surface area contributed by atoms with E-state index in [1.807, 2.05) is 6.92 Å². The normalized spacial score (nSPS) is 24.4. The van der Waals surface area contributed by atoms with E-state index < -0.39 is 17.6 Å².